The molecule has 0 spiro atoms. The van der Waals surface area contributed by atoms with Gasteiger partial charge >= 0.3 is 0 Å². The zero-order chi connectivity index (χ0) is 23.5. The van der Waals surface area contributed by atoms with Crippen molar-refractivity contribution < 1.29 is 9.59 Å². The van der Waals surface area contributed by atoms with Gasteiger partial charge in [-0.3, -0.25) is 14.2 Å². The smallest absolute Gasteiger partial charge is 0.256 e. The van der Waals surface area contributed by atoms with Crippen LogP contribution in [0.1, 0.15) is 45.7 Å². The van der Waals surface area contributed by atoms with Crippen LogP contribution in [0.3, 0.4) is 0 Å². The summed E-state index contributed by atoms with van der Waals surface area (Å²) in [6, 6.07) is 11.8. The standard InChI is InChI=1S/C25H29N5O2S/c1-16-10-11-17(2)21(14-16)30-19(4)27-28-25(30)33-15-22(31)26-20-9-7-8-18(3)23(20)24(32)29-12-5-6-13-29/h7-11,14H,5-6,12-13,15H2,1-4H3,(H,26,31). The van der Waals surface area contributed by atoms with E-state index >= 15 is 0 Å². The predicted octanol–water partition coefficient (Wildman–Crippen LogP) is 4.47. The molecule has 0 atom stereocenters. The van der Waals surface area contributed by atoms with E-state index in [9.17, 15) is 9.59 Å². The third-order valence-electron chi connectivity index (χ3n) is 5.89. The van der Waals surface area contributed by atoms with Crippen LogP contribution in [0, 0.1) is 27.7 Å². The Hall–Kier alpha value is -3.13. The number of nitrogens with zero attached hydrogens (tertiary/aromatic N) is 4. The Kier molecular flexibility index (Phi) is 6.83. The van der Waals surface area contributed by atoms with E-state index in [1.807, 2.05) is 49.3 Å². The normalized spacial score (nSPS) is 13.4. The zero-order valence-electron chi connectivity index (χ0n) is 19.5. The monoisotopic (exact) mass is 463 g/mol. The molecule has 172 valence electrons. The summed E-state index contributed by atoms with van der Waals surface area (Å²) < 4.78 is 1.98. The second-order valence-electron chi connectivity index (χ2n) is 8.49. The fraction of sp³-hybridized carbons (Fsp3) is 0.360. The number of carbonyl (C=O) groups is 2. The molecule has 0 unspecified atom stereocenters. The summed E-state index contributed by atoms with van der Waals surface area (Å²) in [6.45, 7) is 9.44. The summed E-state index contributed by atoms with van der Waals surface area (Å²) in [7, 11) is 0. The molecule has 1 N–H and O–H groups in total. The van der Waals surface area contributed by atoms with Crippen molar-refractivity contribution in [2.75, 3.05) is 24.2 Å². The van der Waals surface area contributed by atoms with E-state index in [4.69, 9.17) is 0 Å². The molecule has 7 nitrogen and oxygen atoms in total. The van der Waals surface area contributed by atoms with Crippen LogP contribution in [-0.2, 0) is 4.79 Å². The number of anilines is 1. The van der Waals surface area contributed by atoms with Crippen LogP contribution in [0.15, 0.2) is 41.6 Å². The van der Waals surface area contributed by atoms with Gasteiger partial charge in [0.25, 0.3) is 5.91 Å². The number of nitrogens with one attached hydrogen (secondary N) is 1. The molecular weight excluding hydrogens is 434 g/mol. The van der Waals surface area contributed by atoms with Gasteiger partial charge in [0.05, 0.1) is 22.7 Å². The maximum Gasteiger partial charge on any atom is 0.256 e. The van der Waals surface area contributed by atoms with Crippen molar-refractivity contribution in [2.45, 2.75) is 45.7 Å². The maximum absolute atomic E-state index is 13.1. The Balaban J connectivity index is 1.50. The lowest BCUT2D eigenvalue weighted by molar-refractivity contribution is -0.113. The lowest BCUT2D eigenvalue weighted by atomic mass is 10.0. The first-order valence-electron chi connectivity index (χ1n) is 11.2. The fourth-order valence-corrected chi connectivity index (χ4v) is 4.92. The van der Waals surface area contributed by atoms with Crippen molar-refractivity contribution in [2.24, 2.45) is 0 Å². The van der Waals surface area contributed by atoms with Gasteiger partial charge in [0.15, 0.2) is 5.16 Å². The number of benzene rings is 2. The summed E-state index contributed by atoms with van der Waals surface area (Å²) in [5, 5.41) is 12.1. The van der Waals surface area contributed by atoms with Gasteiger partial charge in [0, 0.05) is 13.1 Å². The molecule has 1 aliphatic heterocycles. The van der Waals surface area contributed by atoms with Crippen molar-refractivity contribution >= 4 is 29.3 Å². The first-order chi connectivity index (χ1) is 15.8. The largest absolute Gasteiger partial charge is 0.339 e. The average molecular weight is 464 g/mol. The van der Waals surface area contributed by atoms with Crippen molar-refractivity contribution in [3.8, 4) is 5.69 Å². The number of aryl methyl sites for hydroxylation is 4. The molecule has 0 bridgehead atoms. The molecule has 0 radical (unpaired) electrons. The van der Waals surface area contributed by atoms with E-state index in [1.54, 1.807) is 6.07 Å². The van der Waals surface area contributed by atoms with Gasteiger partial charge in [-0.2, -0.15) is 0 Å². The van der Waals surface area contributed by atoms with Crippen LogP contribution in [0.25, 0.3) is 5.69 Å². The molecule has 3 aromatic rings. The van der Waals surface area contributed by atoms with Crippen molar-refractivity contribution in [3.05, 3.63) is 64.5 Å². The Morgan fingerprint density at radius 3 is 2.52 bits per heavy atom. The molecule has 0 saturated carbocycles. The number of hydrogen-bond acceptors (Lipinski definition) is 5. The number of carbonyl (C=O) groups excluding carboxylic acids is 2. The highest BCUT2D eigenvalue weighted by molar-refractivity contribution is 7.99. The molecule has 2 amide bonds. The minimum Gasteiger partial charge on any atom is -0.339 e. The van der Waals surface area contributed by atoms with Crippen molar-refractivity contribution in [1.29, 1.82) is 0 Å². The van der Waals surface area contributed by atoms with Crippen LogP contribution in [0.5, 0.6) is 0 Å². The minimum atomic E-state index is -0.186. The Labute approximate surface area is 198 Å². The second-order valence-corrected chi connectivity index (χ2v) is 9.43. The first kappa shape index (κ1) is 23.0. The van der Waals surface area contributed by atoms with E-state index in [2.05, 4.69) is 33.7 Å². The Morgan fingerprint density at radius 1 is 1.00 bits per heavy atom. The molecule has 0 aliphatic carbocycles. The van der Waals surface area contributed by atoms with Gasteiger partial charge in [-0.05, 0) is 69.4 Å². The van der Waals surface area contributed by atoms with Crippen molar-refractivity contribution in [1.82, 2.24) is 19.7 Å². The lowest BCUT2D eigenvalue weighted by Crippen LogP contribution is -2.29. The van der Waals surface area contributed by atoms with E-state index in [1.165, 1.54) is 11.8 Å². The highest BCUT2D eigenvalue weighted by atomic mass is 32.2. The third-order valence-corrected chi connectivity index (χ3v) is 6.82. The van der Waals surface area contributed by atoms with Crippen LogP contribution in [0.2, 0.25) is 0 Å². The molecule has 1 saturated heterocycles. The number of thioether (sulfide) groups is 1. The highest BCUT2D eigenvalue weighted by Crippen LogP contribution is 2.27. The van der Waals surface area contributed by atoms with Gasteiger partial charge in [-0.25, -0.2) is 0 Å². The number of likely N-dealkylation sites (tertiary alicyclic amines) is 1. The van der Waals surface area contributed by atoms with Crippen LogP contribution >= 0.6 is 11.8 Å². The maximum atomic E-state index is 13.1. The first-order valence-corrected chi connectivity index (χ1v) is 12.1. The van der Waals surface area contributed by atoms with Gasteiger partial charge in [-0.15, -0.1) is 10.2 Å². The van der Waals surface area contributed by atoms with E-state index in [-0.39, 0.29) is 17.6 Å². The summed E-state index contributed by atoms with van der Waals surface area (Å²) in [5.41, 5.74) is 5.27. The number of amides is 2. The van der Waals surface area contributed by atoms with Crippen LogP contribution in [0.4, 0.5) is 5.69 Å². The fourth-order valence-electron chi connectivity index (χ4n) is 4.12. The van der Waals surface area contributed by atoms with Gasteiger partial charge in [0.2, 0.25) is 5.91 Å². The lowest BCUT2D eigenvalue weighted by Gasteiger charge is -2.19. The third kappa shape index (κ3) is 4.95. The molecule has 1 aliphatic rings. The topological polar surface area (TPSA) is 80.1 Å². The highest BCUT2D eigenvalue weighted by Gasteiger charge is 2.24. The molecule has 33 heavy (non-hydrogen) atoms. The second kappa shape index (κ2) is 9.79. The average Bonchev–Trinajstić information content (AvgIpc) is 3.44. The number of aromatic nitrogens is 3. The van der Waals surface area contributed by atoms with Gasteiger partial charge < -0.3 is 10.2 Å². The van der Waals surface area contributed by atoms with Crippen LogP contribution in [-0.4, -0.2) is 50.3 Å². The SMILES string of the molecule is Cc1ccc(C)c(-n2c(C)nnc2SCC(=O)Nc2cccc(C)c2C(=O)N2CCCC2)c1. The molecule has 2 heterocycles. The van der Waals surface area contributed by atoms with Crippen molar-refractivity contribution in [3.63, 3.8) is 0 Å². The summed E-state index contributed by atoms with van der Waals surface area (Å²) in [6.07, 6.45) is 2.05. The van der Waals surface area contributed by atoms with Crippen LogP contribution < -0.4 is 5.32 Å². The molecular formula is C25H29N5O2S. The molecule has 4 rings (SSSR count). The molecule has 8 heteroatoms. The predicted molar refractivity (Wildman–Crippen MR) is 131 cm³/mol. The number of hydrogen-bond donors (Lipinski definition) is 1. The molecule has 2 aromatic carbocycles. The van der Waals surface area contributed by atoms with Gasteiger partial charge in [0.1, 0.15) is 5.82 Å². The van der Waals surface area contributed by atoms with E-state index in [0.29, 0.717) is 16.4 Å². The Morgan fingerprint density at radius 2 is 1.76 bits per heavy atom. The molecule has 1 fully saturated rings. The van der Waals surface area contributed by atoms with Gasteiger partial charge in [-0.1, -0.05) is 36.0 Å². The zero-order valence-corrected chi connectivity index (χ0v) is 20.3. The molecule has 1 aromatic heterocycles. The minimum absolute atomic E-state index is 0.0150. The van der Waals surface area contributed by atoms with E-state index in [0.717, 1.165) is 54.1 Å². The summed E-state index contributed by atoms with van der Waals surface area (Å²) in [4.78, 5) is 27.8. The summed E-state index contributed by atoms with van der Waals surface area (Å²) in [5.74, 6) is 0.728. The quantitative estimate of drug-likeness (QED) is 0.546. The Bertz CT molecular complexity index is 1200. The van der Waals surface area contributed by atoms with E-state index < -0.39 is 0 Å². The summed E-state index contributed by atoms with van der Waals surface area (Å²) >= 11 is 1.33. The number of rotatable bonds is 6.